The predicted octanol–water partition coefficient (Wildman–Crippen LogP) is 4.68. The fourth-order valence-electron chi connectivity index (χ4n) is 2.43. The Morgan fingerprint density at radius 2 is 2.07 bits per heavy atom. The van der Waals surface area contributed by atoms with E-state index in [0.29, 0.717) is 15.4 Å². The van der Waals surface area contributed by atoms with Gasteiger partial charge in [-0.2, -0.15) is 13.2 Å². The van der Waals surface area contributed by atoms with Crippen molar-refractivity contribution in [3.8, 4) is 0 Å². The average Bonchev–Trinajstić information content (AvgIpc) is 3.23. The molecule has 0 saturated carbocycles. The van der Waals surface area contributed by atoms with E-state index in [2.05, 4.69) is 15.5 Å². The molecule has 1 amide bonds. The summed E-state index contributed by atoms with van der Waals surface area (Å²) in [6, 6.07) is 2.41. The van der Waals surface area contributed by atoms with Crippen molar-refractivity contribution in [2.45, 2.75) is 25.2 Å². The van der Waals surface area contributed by atoms with Crippen LogP contribution in [0.3, 0.4) is 0 Å². The second kappa shape index (κ2) is 8.82. The first-order chi connectivity index (χ1) is 14.1. The van der Waals surface area contributed by atoms with E-state index >= 15 is 0 Å². The molecule has 0 aromatic carbocycles. The number of hydrogen-bond acceptors (Lipinski definition) is 7. The molecule has 0 saturated heterocycles. The molecule has 160 valence electrons. The van der Waals surface area contributed by atoms with Crippen molar-refractivity contribution < 1.29 is 27.5 Å². The molecule has 0 atom stereocenters. The summed E-state index contributed by atoms with van der Waals surface area (Å²) in [4.78, 5) is 24.5. The number of hydrogen-bond donors (Lipinski definition) is 1. The molecule has 7 nitrogen and oxygen atoms in total. The van der Waals surface area contributed by atoms with Gasteiger partial charge in [0.1, 0.15) is 4.88 Å². The first-order valence-electron chi connectivity index (χ1n) is 8.41. The van der Waals surface area contributed by atoms with Gasteiger partial charge in [-0.25, -0.2) is 4.79 Å². The van der Waals surface area contributed by atoms with Crippen molar-refractivity contribution in [1.82, 2.24) is 14.6 Å². The number of aromatic nitrogens is 3. The van der Waals surface area contributed by atoms with Gasteiger partial charge in [0.25, 0.3) is 0 Å². The zero-order valence-corrected chi connectivity index (χ0v) is 17.9. The molecule has 0 aliphatic rings. The summed E-state index contributed by atoms with van der Waals surface area (Å²) < 4.78 is 45.1. The number of esters is 1. The summed E-state index contributed by atoms with van der Waals surface area (Å²) in [7, 11) is 0. The topological polar surface area (TPSA) is 85.6 Å². The molecule has 3 aromatic rings. The quantitative estimate of drug-likeness (QED) is 0.409. The van der Waals surface area contributed by atoms with Crippen LogP contribution in [0.4, 0.5) is 18.2 Å². The van der Waals surface area contributed by atoms with Gasteiger partial charge in [-0.1, -0.05) is 23.4 Å². The second-order valence-electron chi connectivity index (χ2n) is 5.93. The summed E-state index contributed by atoms with van der Waals surface area (Å²) in [5.41, 5.74) is -0.230. The van der Waals surface area contributed by atoms with Crippen LogP contribution in [0, 0.1) is 6.92 Å². The second-order valence-corrected chi connectivity index (χ2v) is 8.33. The highest BCUT2D eigenvalue weighted by Gasteiger charge is 2.32. The van der Waals surface area contributed by atoms with E-state index < -0.39 is 23.6 Å². The third-order valence-corrected chi connectivity index (χ3v) is 6.08. The summed E-state index contributed by atoms with van der Waals surface area (Å²) in [6.07, 6.45) is -3.76. The van der Waals surface area contributed by atoms with Gasteiger partial charge in [0.15, 0.2) is 10.8 Å². The number of rotatable bonds is 6. The van der Waals surface area contributed by atoms with Crippen LogP contribution in [-0.4, -0.2) is 38.8 Å². The van der Waals surface area contributed by atoms with Gasteiger partial charge >= 0.3 is 12.1 Å². The maximum atomic E-state index is 13.0. The summed E-state index contributed by atoms with van der Waals surface area (Å²) >= 11 is 7.85. The number of carbonyl (C=O) groups excluding carboxylic acids is 2. The van der Waals surface area contributed by atoms with Crippen LogP contribution in [0.2, 0.25) is 5.02 Å². The zero-order chi connectivity index (χ0) is 22.1. The Bertz CT molecular complexity index is 1110. The van der Waals surface area contributed by atoms with Gasteiger partial charge in [0.2, 0.25) is 5.91 Å². The van der Waals surface area contributed by atoms with Crippen LogP contribution in [-0.2, 0) is 15.7 Å². The molecule has 30 heavy (non-hydrogen) atoms. The lowest BCUT2D eigenvalue weighted by molar-refractivity contribution is -0.137. The number of pyridine rings is 1. The number of carbonyl (C=O) groups is 2. The van der Waals surface area contributed by atoms with Crippen LogP contribution in [0.15, 0.2) is 23.5 Å². The number of amides is 1. The molecule has 0 spiro atoms. The van der Waals surface area contributed by atoms with Crippen molar-refractivity contribution in [2.24, 2.45) is 0 Å². The van der Waals surface area contributed by atoms with Gasteiger partial charge in [-0.05, 0) is 31.5 Å². The van der Waals surface area contributed by atoms with E-state index in [1.54, 1.807) is 19.9 Å². The molecule has 13 heteroatoms. The fraction of sp³-hybridized carbons (Fsp3) is 0.294. The van der Waals surface area contributed by atoms with Crippen LogP contribution in [0.1, 0.15) is 27.7 Å². The maximum Gasteiger partial charge on any atom is 0.417 e. The third kappa shape index (κ3) is 4.87. The normalized spacial score (nSPS) is 11.7. The third-order valence-electron chi connectivity index (χ3n) is 3.73. The van der Waals surface area contributed by atoms with E-state index in [9.17, 15) is 22.8 Å². The number of alkyl halides is 3. The molecule has 0 aliphatic carbocycles. The lowest BCUT2D eigenvalue weighted by atomic mass is 10.3. The van der Waals surface area contributed by atoms with Crippen molar-refractivity contribution in [1.29, 1.82) is 0 Å². The molecule has 0 bridgehead atoms. The van der Waals surface area contributed by atoms with E-state index in [0.717, 1.165) is 39.8 Å². The first kappa shape index (κ1) is 22.4. The number of nitrogens with zero attached hydrogens (tertiary/aromatic N) is 3. The van der Waals surface area contributed by atoms with Crippen LogP contribution in [0.25, 0.3) is 5.65 Å². The average molecular weight is 479 g/mol. The lowest BCUT2D eigenvalue weighted by Gasteiger charge is -2.08. The lowest BCUT2D eigenvalue weighted by Crippen LogP contribution is -2.13. The molecule has 0 aliphatic heterocycles. The van der Waals surface area contributed by atoms with Crippen molar-refractivity contribution >= 4 is 57.2 Å². The summed E-state index contributed by atoms with van der Waals surface area (Å²) in [6.45, 7) is 3.65. The van der Waals surface area contributed by atoms with Crippen molar-refractivity contribution in [3.05, 3.63) is 39.4 Å². The number of fused-ring (bicyclic) bond motifs is 1. The summed E-state index contributed by atoms with van der Waals surface area (Å²) in [5.74, 6) is -1.03. The Balaban J connectivity index is 1.71. The highest BCUT2D eigenvalue weighted by atomic mass is 35.5. The first-order valence-corrected chi connectivity index (χ1v) is 10.6. The molecule has 1 N–H and O–H groups in total. The Morgan fingerprint density at radius 1 is 1.33 bits per heavy atom. The van der Waals surface area contributed by atoms with Gasteiger partial charge < -0.3 is 10.1 Å². The molecule has 3 aromatic heterocycles. The number of halogens is 4. The number of nitrogens with one attached hydrogen (secondary N) is 1. The maximum absolute atomic E-state index is 13.0. The van der Waals surface area contributed by atoms with Crippen molar-refractivity contribution in [2.75, 3.05) is 17.7 Å². The Kier molecular flexibility index (Phi) is 6.58. The SMILES string of the molecule is CCOC(=O)c1sc(NC(=O)CSc2nnc3c(Cl)cc(C(F)(F)F)cn23)cc1C. The largest absolute Gasteiger partial charge is 0.462 e. The predicted molar refractivity (Wildman–Crippen MR) is 107 cm³/mol. The molecule has 3 rings (SSSR count). The summed E-state index contributed by atoms with van der Waals surface area (Å²) in [5, 5.41) is 10.6. The molecular formula is C17H14ClF3N4O3S2. The highest BCUT2D eigenvalue weighted by Crippen LogP contribution is 2.33. The number of aryl methyl sites for hydroxylation is 1. The van der Waals surface area contributed by atoms with E-state index in [1.807, 2.05) is 0 Å². The fourth-order valence-corrected chi connectivity index (χ4v) is 4.37. The number of thiophene rings is 1. The molecule has 3 heterocycles. The minimum atomic E-state index is -4.59. The van der Waals surface area contributed by atoms with Gasteiger partial charge in [-0.3, -0.25) is 9.20 Å². The minimum absolute atomic E-state index is 0.0561. The Hall–Kier alpha value is -2.31. The van der Waals surface area contributed by atoms with Gasteiger partial charge in [0.05, 0.1) is 27.9 Å². The van der Waals surface area contributed by atoms with Crippen molar-refractivity contribution in [3.63, 3.8) is 0 Å². The van der Waals surface area contributed by atoms with Gasteiger partial charge in [0, 0.05) is 6.20 Å². The standard InChI is InChI=1S/C17H14ClF3N4O3S2/c1-3-28-15(27)13-8(2)4-12(30-13)22-11(26)7-29-16-24-23-14-10(18)5-9(6-25(14)16)17(19,20)21/h4-6H,3,7H2,1-2H3,(H,22,26). The minimum Gasteiger partial charge on any atom is -0.462 e. The number of thioether (sulfide) groups is 1. The van der Waals surface area contributed by atoms with E-state index in [1.165, 1.54) is 0 Å². The van der Waals surface area contributed by atoms with Gasteiger partial charge in [-0.15, -0.1) is 21.5 Å². The zero-order valence-electron chi connectivity index (χ0n) is 15.5. The molecule has 0 radical (unpaired) electrons. The van der Waals surface area contributed by atoms with E-state index in [4.69, 9.17) is 16.3 Å². The van der Waals surface area contributed by atoms with Crippen LogP contribution in [0.5, 0.6) is 0 Å². The molecular weight excluding hydrogens is 465 g/mol. The monoisotopic (exact) mass is 478 g/mol. The van der Waals surface area contributed by atoms with Crippen LogP contribution < -0.4 is 5.32 Å². The number of anilines is 1. The van der Waals surface area contributed by atoms with Crippen LogP contribution >= 0.6 is 34.7 Å². The molecule has 0 fully saturated rings. The van der Waals surface area contributed by atoms with E-state index in [-0.39, 0.29) is 28.2 Å². The Labute approximate surface area is 181 Å². The highest BCUT2D eigenvalue weighted by molar-refractivity contribution is 7.99. The number of ether oxygens (including phenoxy) is 1. The molecule has 0 unspecified atom stereocenters. The Morgan fingerprint density at radius 3 is 2.73 bits per heavy atom. The smallest absolute Gasteiger partial charge is 0.417 e.